The third kappa shape index (κ3) is 3.06. The van der Waals surface area contributed by atoms with Crippen LogP contribution in [0.4, 0.5) is 4.79 Å². The fourth-order valence-electron chi connectivity index (χ4n) is 1.78. The van der Waals surface area contributed by atoms with E-state index in [1.165, 1.54) is 12.7 Å². The molecule has 8 nitrogen and oxygen atoms in total. The van der Waals surface area contributed by atoms with E-state index < -0.39 is 6.03 Å². The average molecular weight is 273 g/mol. The van der Waals surface area contributed by atoms with Crippen molar-refractivity contribution in [2.45, 2.75) is 39.0 Å². The number of unbranched alkanes of at least 4 members (excludes halogenated alkanes) is 3. The SMILES string of the molecule is CCCCCCc1nc(C#N)n(C(=O)n2cncn2)n1. The lowest BCUT2D eigenvalue weighted by molar-refractivity contribution is 0.237. The van der Waals surface area contributed by atoms with Gasteiger partial charge in [-0.05, 0) is 6.42 Å². The Hall–Kier alpha value is -2.56. The van der Waals surface area contributed by atoms with E-state index >= 15 is 0 Å². The summed E-state index contributed by atoms with van der Waals surface area (Å²) < 4.78 is 1.97. The molecule has 0 N–H and O–H groups in total. The van der Waals surface area contributed by atoms with Gasteiger partial charge in [0.2, 0.25) is 5.82 Å². The van der Waals surface area contributed by atoms with Crippen LogP contribution in [0.15, 0.2) is 12.7 Å². The van der Waals surface area contributed by atoms with Gasteiger partial charge in [0.1, 0.15) is 18.7 Å². The van der Waals surface area contributed by atoms with E-state index in [9.17, 15) is 4.79 Å². The topological polar surface area (TPSA) is 102 Å². The first-order chi connectivity index (χ1) is 9.76. The summed E-state index contributed by atoms with van der Waals surface area (Å²) in [4.78, 5) is 19.8. The highest BCUT2D eigenvalue weighted by atomic mass is 16.2. The number of nitrogens with zero attached hydrogens (tertiary/aromatic N) is 7. The molecule has 0 aliphatic carbocycles. The number of carbonyl (C=O) groups is 1. The van der Waals surface area contributed by atoms with Crippen LogP contribution in [0, 0.1) is 11.3 Å². The molecule has 0 bridgehead atoms. The summed E-state index contributed by atoms with van der Waals surface area (Å²) in [6, 6.07) is 1.30. The predicted octanol–water partition coefficient (Wildman–Crippen LogP) is 1.38. The molecule has 0 spiro atoms. The van der Waals surface area contributed by atoms with Gasteiger partial charge in [-0.25, -0.2) is 14.8 Å². The first kappa shape index (κ1) is 13.9. The first-order valence-corrected chi connectivity index (χ1v) is 6.51. The van der Waals surface area contributed by atoms with Gasteiger partial charge in [-0.2, -0.15) is 15.0 Å². The van der Waals surface area contributed by atoms with Crippen LogP contribution in [-0.2, 0) is 6.42 Å². The van der Waals surface area contributed by atoms with E-state index in [1.807, 2.05) is 6.07 Å². The predicted molar refractivity (Wildman–Crippen MR) is 68.8 cm³/mol. The van der Waals surface area contributed by atoms with Crippen molar-refractivity contribution in [2.75, 3.05) is 0 Å². The van der Waals surface area contributed by atoms with Crippen molar-refractivity contribution in [2.24, 2.45) is 0 Å². The van der Waals surface area contributed by atoms with Gasteiger partial charge >= 0.3 is 6.03 Å². The molecule has 0 atom stereocenters. The number of aromatic nitrogens is 6. The molecule has 2 heterocycles. The molecule has 0 aromatic carbocycles. The van der Waals surface area contributed by atoms with Gasteiger partial charge in [-0.1, -0.05) is 26.2 Å². The molecule has 104 valence electrons. The largest absolute Gasteiger partial charge is 0.373 e. The molecule has 20 heavy (non-hydrogen) atoms. The van der Waals surface area contributed by atoms with Crippen LogP contribution in [0.5, 0.6) is 0 Å². The van der Waals surface area contributed by atoms with Crippen LogP contribution in [0.25, 0.3) is 0 Å². The summed E-state index contributed by atoms with van der Waals surface area (Å²) in [6.07, 6.45) is 7.49. The van der Waals surface area contributed by atoms with E-state index in [1.54, 1.807) is 0 Å². The van der Waals surface area contributed by atoms with Crippen molar-refractivity contribution >= 4 is 6.03 Å². The molecule has 0 fully saturated rings. The second-order valence-corrected chi connectivity index (χ2v) is 4.31. The van der Waals surface area contributed by atoms with E-state index in [2.05, 4.69) is 27.1 Å². The third-order valence-corrected chi connectivity index (χ3v) is 2.80. The van der Waals surface area contributed by atoms with Gasteiger partial charge in [0.25, 0.3) is 0 Å². The number of nitriles is 1. The van der Waals surface area contributed by atoms with Crippen LogP contribution in [0.1, 0.15) is 44.3 Å². The fraction of sp³-hybridized carbons (Fsp3) is 0.500. The molecular weight excluding hydrogens is 258 g/mol. The van der Waals surface area contributed by atoms with Crippen LogP contribution < -0.4 is 0 Å². The quantitative estimate of drug-likeness (QED) is 0.762. The number of hydrogen-bond donors (Lipinski definition) is 0. The molecule has 8 heteroatoms. The van der Waals surface area contributed by atoms with Crippen molar-refractivity contribution < 1.29 is 4.79 Å². The Morgan fingerprint density at radius 1 is 1.40 bits per heavy atom. The molecule has 0 aliphatic heterocycles. The molecule has 2 aromatic rings. The average Bonchev–Trinajstić information content (AvgIpc) is 3.12. The van der Waals surface area contributed by atoms with E-state index in [0.717, 1.165) is 35.0 Å². The highest BCUT2D eigenvalue weighted by Gasteiger charge is 2.17. The summed E-state index contributed by atoms with van der Waals surface area (Å²) in [5.41, 5.74) is 0. The second-order valence-electron chi connectivity index (χ2n) is 4.31. The molecule has 0 amide bonds. The van der Waals surface area contributed by atoms with Crippen molar-refractivity contribution in [3.05, 3.63) is 24.3 Å². The van der Waals surface area contributed by atoms with Gasteiger partial charge in [-0.15, -0.1) is 9.78 Å². The number of carbonyl (C=O) groups excluding carboxylic acids is 1. The molecule has 2 aromatic heterocycles. The van der Waals surface area contributed by atoms with E-state index in [-0.39, 0.29) is 5.82 Å². The Balaban J connectivity index is 2.11. The number of hydrogen-bond acceptors (Lipinski definition) is 6. The summed E-state index contributed by atoms with van der Waals surface area (Å²) in [6.45, 7) is 2.14. The summed E-state index contributed by atoms with van der Waals surface area (Å²) in [7, 11) is 0. The van der Waals surface area contributed by atoms with Crippen LogP contribution in [-0.4, -0.2) is 35.6 Å². The van der Waals surface area contributed by atoms with Crippen molar-refractivity contribution in [1.82, 2.24) is 29.5 Å². The zero-order chi connectivity index (χ0) is 14.4. The number of rotatable bonds is 5. The van der Waals surface area contributed by atoms with Gasteiger partial charge in [-0.3, -0.25) is 0 Å². The standard InChI is InChI=1S/C12H15N7O/c1-2-3-4-5-6-10-16-11(7-13)19(17-10)12(20)18-9-14-8-15-18/h8-9H,2-6H2,1H3. The Morgan fingerprint density at radius 2 is 2.25 bits per heavy atom. The molecule has 0 saturated heterocycles. The first-order valence-electron chi connectivity index (χ1n) is 6.51. The lowest BCUT2D eigenvalue weighted by Crippen LogP contribution is -2.22. The van der Waals surface area contributed by atoms with Crippen molar-refractivity contribution in [1.29, 1.82) is 5.26 Å². The minimum absolute atomic E-state index is 0.0315. The highest BCUT2D eigenvalue weighted by molar-refractivity contribution is 5.78. The van der Waals surface area contributed by atoms with E-state index in [4.69, 9.17) is 5.26 Å². The number of aryl methyl sites for hydroxylation is 1. The smallest absolute Gasteiger partial charge is 0.243 e. The third-order valence-electron chi connectivity index (χ3n) is 2.80. The monoisotopic (exact) mass is 273 g/mol. The fourth-order valence-corrected chi connectivity index (χ4v) is 1.78. The van der Waals surface area contributed by atoms with Crippen LogP contribution in [0.2, 0.25) is 0 Å². The second kappa shape index (κ2) is 6.56. The lowest BCUT2D eigenvalue weighted by atomic mass is 10.1. The van der Waals surface area contributed by atoms with Crippen LogP contribution in [0.3, 0.4) is 0 Å². The zero-order valence-corrected chi connectivity index (χ0v) is 11.2. The Labute approximate surface area is 116 Å². The normalized spacial score (nSPS) is 10.4. The zero-order valence-electron chi connectivity index (χ0n) is 11.2. The molecule has 0 aliphatic rings. The molecular formula is C12H15N7O. The van der Waals surface area contributed by atoms with Crippen LogP contribution >= 0.6 is 0 Å². The summed E-state index contributed by atoms with van der Waals surface area (Å²) in [5, 5.41) is 16.8. The Morgan fingerprint density at radius 3 is 2.90 bits per heavy atom. The van der Waals surface area contributed by atoms with Gasteiger partial charge < -0.3 is 0 Å². The summed E-state index contributed by atoms with van der Waals surface area (Å²) >= 11 is 0. The minimum Gasteiger partial charge on any atom is -0.243 e. The summed E-state index contributed by atoms with van der Waals surface area (Å²) in [5.74, 6) is 0.474. The van der Waals surface area contributed by atoms with Gasteiger partial charge in [0, 0.05) is 6.42 Å². The lowest BCUT2D eigenvalue weighted by Gasteiger charge is -1.98. The Bertz CT molecular complexity index is 608. The van der Waals surface area contributed by atoms with Crippen molar-refractivity contribution in [3.8, 4) is 6.07 Å². The van der Waals surface area contributed by atoms with E-state index in [0.29, 0.717) is 12.2 Å². The molecule has 2 rings (SSSR count). The van der Waals surface area contributed by atoms with Gasteiger partial charge in [0.15, 0.2) is 5.82 Å². The maximum atomic E-state index is 12.0. The Kier molecular flexibility index (Phi) is 4.55. The van der Waals surface area contributed by atoms with Gasteiger partial charge in [0.05, 0.1) is 0 Å². The minimum atomic E-state index is -0.564. The molecule has 0 saturated carbocycles. The molecule has 0 radical (unpaired) electrons. The maximum Gasteiger partial charge on any atom is 0.373 e. The molecule has 0 unspecified atom stereocenters. The highest BCUT2D eigenvalue weighted by Crippen LogP contribution is 2.06. The maximum absolute atomic E-state index is 12.0. The van der Waals surface area contributed by atoms with Crippen molar-refractivity contribution in [3.63, 3.8) is 0 Å².